The number of piperazine rings is 1. The van der Waals surface area contributed by atoms with Crippen molar-refractivity contribution in [1.29, 1.82) is 0 Å². The Morgan fingerprint density at radius 2 is 1.59 bits per heavy atom. The van der Waals surface area contributed by atoms with Gasteiger partial charge in [-0.15, -0.1) is 12.4 Å². The maximum absolute atomic E-state index is 12.4. The Labute approximate surface area is 174 Å². The Kier molecular flexibility index (Phi) is 8.32. The highest BCUT2D eigenvalue weighted by molar-refractivity contribution is 5.92. The van der Waals surface area contributed by atoms with Gasteiger partial charge in [-0.3, -0.25) is 19.8 Å². The fraction of sp³-hybridized carbons (Fsp3) is 0.200. The summed E-state index contributed by atoms with van der Waals surface area (Å²) in [6.07, 6.45) is 9.34. The number of carbonyl (C=O) groups excluding carboxylic acids is 2. The number of carbonyl (C=O) groups is 2. The number of rotatable bonds is 5. The Bertz CT molecular complexity index is 881. The fourth-order valence-electron chi connectivity index (χ4n) is 2.85. The van der Waals surface area contributed by atoms with Crippen LogP contribution in [0, 0.1) is 0 Å². The molecule has 3 rings (SSSR count). The number of nitrogens with one attached hydrogen (secondary N) is 1. The number of nitrogens with zero attached hydrogens (tertiary/aromatic N) is 4. The molecule has 2 aromatic heterocycles. The van der Waals surface area contributed by atoms with Crippen LogP contribution in [0.4, 0.5) is 5.69 Å². The van der Waals surface area contributed by atoms with Gasteiger partial charge in [-0.05, 0) is 36.4 Å². The normalized spacial score (nSPS) is 14.1. The van der Waals surface area contributed by atoms with Crippen molar-refractivity contribution in [3.05, 3.63) is 66.3 Å². The van der Waals surface area contributed by atoms with Gasteiger partial charge in [-0.2, -0.15) is 0 Å². The first kappa shape index (κ1) is 22.1. The van der Waals surface area contributed by atoms with Crippen LogP contribution < -0.4 is 10.4 Å². The van der Waals surface area contributed by atoms with Gasteiger partial charge in [0.05, 0.1) is 11.4 Å². The molecule has 0 aromatic carbocycles. The van der Waals surface area contributed by atoms with E-state index in [0.29, 0.717) is 24.5 Å². The predicted octanol–water partition coefficient (Wildman–Crippen LogP) is 1.78. The van der Waals surface area contributed by atoms with Gasteiger partial charge >= 0.3 is 0 Å². The number of aromatic nitrogens is 2. The molecule has 1 fully saturated rings. The summed E-state index contributed by atoms with van der Waals surface area (Å²) in [7, 11) is 0. The number of halogens is 1. The Balaban J connectivity index is 0.00000300. The topological polar surface area (TPSA) is 98.7 Å². The van der Waals surface area contributed by atoms with Crippen molar-refractivity contribution in [3.63, 3.8) is 0 Å². The van der Waals surface area contributed by atoms with Gasteiger partial charge < -0.3 is 9.80 Å². The van der Waals surface area contributed by atoms with E-state index in [1.54, 1.807) is 36.7 Å². The highest BCUT2D eigenvalue weighted by atomic mass is 35.5. The summed E-state index contributed by atoms with van der Waals surface area (Å²) in [6, 6.07) is 9.21. The number of amides is 2. The lowest BCUT2D eigenvalue weighted by molar-refractivity contribution is -0.126. The van der Waals surface area contributed by atoms with Crippen molar-refractivity contribution in [2.75, 3.05) is 31.1 Å². The van der Waals surface area contributed by atoms with Crippen molar-refractivity contribution >= 4 is 42.1 Å². The molecule has 0 saturated carbocycles. The summed E-state index contributed by atoms with van der Waals surface area (Å²) in [6.45, 7) is 2.85. The number of anilines is 1. The summed E-state index contributed by atoms with van der Waals surface area (Å²) in [4.78, 5) is 35.9. The predicted molar refractivity (Wildman–Crippen MR) is 113 cm³/mol. The summed E-state index contributed by atoms with van der Waals surface area (Å²) < 4.78 is 0. The highest BCUT2D eigenvalue weighted by Crippen LogP contribution is 2.15. The van der Waals surface area contributed by atoms with Gasteiger partial charge in [0.2, 0.25) is 5.91 Å². The zero-order valence-electron chi connectivity index (χ0n) is 15.6. The number of hydrogen-bond donors (Lipinski definition) is 2. The second-order valence-corrected chi connectivity index (χ2v) is 6.15. The lowest BCUT2D eigenvalue weighted by atomic mass is 10.2. The molecule has 0 radical (unpaired) electrons. The lowest BCUT2D eigenvalue weighted by Gasteiger charge is -2.35. The van der Waals surface area contributed by atoms with E-state index in [2.05, 4.69) is 14.9 Å². The first-order chi connectivity index (χ1) is 13.7. The molecule has 0 atom stereocenters. The smallest absolute Gasteiger partial charge is 0.267 e. The maximum Gasteiger partial charge on any atom is 0.267 e. The van der Waals surface area contributed by atoms with Crippen LogP contribution in [-0.4, -0.2) is 58.1 Å². The van der Waals surface area contributed by atoms with Gasteiger partial charge in [-0.1, -0.05) is 6.07 Å². The molecule has 0 aliphatic carbocycles. The van der Waals surface area contributed by atoms with E-state index in [1.807, 2.05) is 17.0 Å². The maximum atomic E-state index is 12.4. The van der Waals surface area contributed by atoms with E-state index >= 15 is 0 Å². The molecule has 8 nitrogen and oxygen atoms in total. The molecule has 0 unspecified atom stereocenters. The van der Waals surface area contributed by atoms with E-state index in [9.17, 15) is 9.59 Å². The zero-order chi connectivity index (χ0) is 19.8. The molecule has 1 saturated heterocycles. The van der Waals surface area contributed by atoms with Crippen molar-refractivity contribution < 1.29 is 14.8 Å². The largest absolute Gasteiger partial charge is 0.368 e. The third-order valence-corrected chi connectivity index (χ3v) is 4.32. The molecule has 29 heavy (non-hydrogen) atoms. The molecule has 3 heterocycles. The molecule has 0 bridgehead atoms. The lowest BCUT2D eigenvalue weighted by Crippen LogP contribution is -2.48. The van der Waals surface area contributed by atoms with Crippen LogP contribution in [0.2, 0.25) is 0 Å². The molecule has 0 spiro atoms. The van der Waals surface area contributed by atoms with Crippen LogP contribution in [0.3, 0.4) is 0 Å². The summed E-state index contributed by atoms with van der Waals surface area (Å²) >= 11 is 0. The Hall–Kier alpha value is -3.23. The monoisotopic (exact) mass is 415 g/mol. The van der Waals surface area contributed by atoms with Crippen LogP contribution in [0.5, 0.6) is 0 Å². The van der Waals surface area contributed by atoms with Gasteiger partial charge in [0, 0.05) is 56.4 Å². The Morgan fingerprint density at radius 1 is 0.966 bits per heavy atom. The second-order valence-electron chi connectivity index (χ2n) is 6.15. The third kappa shape index (κ3) is 6.41. The minimum absolute atomic E-state index is 0. The molecule has 1 aliphatic heterocycles. The minimum Gasteiger partial charge on any atom is -0.368 e. The Morgan fingerprint density at radius 3 is 2.21 bits per heavy atom. The number of hydroxylamine groups is 1. The summed E-state index contributed by atoms with van der Waals surface area (Å²) in [5.41, 5.74) is 3.78. The van der Waals surface area contributed by atoms with Crippen LogP contribution >= 0.6 is 12.4 Å². The van der Waals surface area contributed by atoms with Gasteiger partial charge in [0.1, 0.15) is 0 Å². The molecule has 2 amide bonds. The van der Waals surface area contributed by atoms with Gasteiger partial charge in [-0.25, -0.2) is 10.5 Å². The van der Waals surface area contributed by atoms with Crippen molar-refractivity contribution in [1.82, 2.24) is 20.3 Å². The van der Waals surface area contributed by atoms with Gasteiger partial charge in [0.15, 0.2) is 0 Å². The molecule has 9 heteroatoms. The first-order valence-electron chi connectivity index (χ1n) is 8.87. The summed E-state index contributed by atoms with van der Waals surface area (Å²) in [5.74, 6) is -0.694. The van der Waals surface area contributed by atoms with E-state index in [0.717, 1.165) is 18.8 Å². The molecule has 2 N–H and O–H groups in total. The highest BCUT2D eigenvalue weighted by Gasteiger charge is 2.19. The zero-order valence-corrected chi connectivity index (χ0v) is 16.5. The SMILES string of the molecule is Cl.O=C(/C=C/c1cccc(/C=C/C(=O)N2CCN(c3ccncc3)CC2)n1)NO. The third-order valence-electron chi connectivity index (χ3n) is 4.32. The van der Waals surface area contributed by atoms with Crippen molar-refractivity contribution in [2.45, 2.75) is 0 Å². The standard InChI is InChI=1S/C20H21N5O3.ClH/c26-19(23-28)6-4-16-2-1-3-17(22-16)5-7-20(27)25-14-12-24(13-15-25)18-8-10-21-11-9-18;/h1-11,28H,12-15H2,(H,23,26);1H/b6-4+,7-5+;. The van der Waals surface area contributed by atoms with Gasteiger partial charge in [0.25, 0.3) is 5.91 Å². The fourth-order valence-corrected chi connectivity index (χ4v) is 2.85. The summed E-state index contributed by atoms with van der Waals surface area (Å²) in [5, 5.41) is 8.49. The quantitative estimate of drug-likeness (QED) is 0.439. The number of pyridine rings is 2. The van der Waals surface area contributed by atoms with Crippen molar-refractivity contribution in [3.8, 4) is 0 Å². The minimum atomic E-state index is -0.635. The van der Waals surface area contributed by atoms with E-state index in [4.69, 9.17) is 5.21 Å². The average molecular weight is 416 g/mol. The molecular weight excluding hydrogens is 394 g/mol. The van der Waals surface area contributed by atoms with Crippen LogP contribution in [0.15, 0.2) is 54.9 Å². The molecular formula is C20H22ClN5O3. The molecule has 1 aliphatic rings. The van der Waals surface area contributed by atoms with Crippen LogP contribution in [0.1, 0.15) is 11.4 Å². The van der Waals surface area contributed by atoms with E-state index in [-0.39, 0.29) is 18.3 Å². The average Bonchev–Trinajstić information content (AvgIpc) is 2.76. The molecule has 152 valence electrons. The van der Waals surface area contributed by atoms with E-state index in [1.165, 1.54) is 23.7 Å². The first-order valence-corrected chi connectivity index (χ1v) is 8.87. The van der Waals surface area contributed by atoms with Crippen LogP contribution in [0.25, 0.3) is 12.2 Å². The molecule has 2 aromatic rings. The van der Waals surface area contributed by atoms with Crippen LogP contribution in [-0.2, 0) is 9.59 Å². The van der Waals surface area contributed by atoms with E-state index < -0.39 is 5.91 Å². The van der Waals surface area contributed by atoms with Crippen molar-refractivity contribution in [2.24, 2.45) is 0 Å². The second kappa shape index (κ2) is 10.9. The number of hydrogen-bond acceptors (Lipinski definition) is 6.